The highest BCUT2D eigenvalue weighted by Gasteiger charge is 2.23. The molecule has 0 aliphatic rings. The van der Waals surface area contributed by atoms with Gasteiger partial charge >= 0.3 is 0 Å². The van der Waals surface area contributed by atoms with Crippen LogP contribution in [0.25, 0.3) is 0 Å². The van der Waals surface area contributed by atoms with Crippen LogP contribution in [0.5, 0.6) is 0 Å². The summed E-state index contributed by atoms with van der Waals surface area (Å²) in [6, 6.07) is 1.56. The lowest BCUT2D eigenvalue weighted by Crippen LogP contribution is -2.25. The summed E-state index contributed by atoms with van der Waals surface area (Å²) in [5, 5.41) is 21.2. The highest BCUT2D eigenvalue weighted by atomic mass is 32.2. The molecule has 0 saturated heterocycles. The Balaban J connectivity index is 2.31. The molecule has 0 aliphatic carbocycles. The van der Waals surface area contributed by atoms with Gasteiger partial charge in [0, 0.05) is 0 Å². The van der Waals surface area contributed by atoms with Gasteiger partial charge in [-0.05, 0) is 17.7 Å². The number of nitrogens with zero attached hydrogens (tertiary/aromatic N) is 3. The zero-order valence-corrected chi connectivity index (χ0v) is 10.7. The van der Waals surface area contributed by atoms with Gasteiger partial charge in [0.15, 0.2) is 17.5 Å². The average molecular weight is 305 g/mol. The largest absolute Gasteiger partial charge is 0.392 e. The number of aromatic nitrogens is 4. The van der Waals surface area contributed by atoms with Crippen molar-refractivity contribution in [1.29, 1.82) is 0 Å². The Morgan fingerprint density at radius 3 is 2.70 bits per heavy atom. The van der Waals surface area contributed by atoms with E-state index in [1.54, 1.807) is 0 Å². The van der Waals surface area contributed by atoms with Crippen molar-refractivity contribution in [3.05, 3.63) is 35.2 Å². The summed E-state index contributed by atoms with van der Waals surface area (Å²) in [7, 11) is -4.32. The van der Waals surface area contributed by atoms with Crippen LogP contribution in [-0.4, -0.2) is 34.1 Å². The molecule has 2 rings (SSSR count). The molecule has 8 nitrogen and oxygen atoms in total. The van der Waals surface area contributed by atoms with Crippen molar-refractivity contribution >= 4 is 10.0 Å². The number of tetrazole rings is 1. The Kier molecular flexibility index (Phi) is 4.01. The van der Waals surface area contributed by atoms with E-state index in [1.807, 2.05) is 4.72 Å². The minimum absolute atomic E-state index is 0.0350. The first kappa shape index (κ1) is 14.4. The maximum atomic E-state index is 13.6. The smallest absolute Gasteiger partial charge is 0.244 e. The van der Waals surface area contributed by atoms with Gasteiger partial charge in [0.05, 0.1) is 13.2 Å². The second kappa shape index (κ2) is 5.56. The van der Waals surface area contributed by atoms with Crippen LogP contribution in [0.2, 0.25) is 0 Å². The molecule has 3 N–H and O–H groups in total. The molecule has 0 bridgehead atoms. The molecular weight excluding hydrogens is 296 g/mol. The van der Waals surface area contributed by atoms with Crippen molar-refractivity contribution in [1.82, 2.24) is 25.3 Å². The number of nitrogens with one attached hydrogen (secondary N) is 2. The highest BCUT2D eigenvalue weighted by Crippen LogP contribution is 2.20. The molecule has 20 heavy (non-hydrogen) atoms. The lowest BCUT2D eigenvalue weighted by molar-refractivity contribution is 0.280. The molecule has 0 atom stereocenters. The summed E-state index contributed by atoms with van der Waals surface area (Å²) >= 11 is 0. The van der Waals surface area contributed by atoms with Crippen molar-refractivity contribution in [2.45, 2.75) is 18.0 Å². The number of hydrogen-bond acceptors (Lipinski definition) is 6. The van der Waals surface area contributed by atoms with Gasteiger partial charge < -0.3 is 5.11 Å². The van der Waals surface area contributed by atoms with Gasteiger partial charge in [0.2, 0.25) is 10.0 Å². The van der Waals surface area contributed by atoms with Gasteiger partial charge in [-0.15, -0.1) is 10.2 Å². The Labute approximate surface area is 111 Å². The van der Waals surface area contributed by atoms with Crippen LogP contribution in [0.15, 0.2) is 17.0 Å². The van der Waals surface area contributed by atoms with Crippen molar-refractivity contribution in [2.75, 3.05) is 0 Å². The number of rotatable bonds is 5. The van der Waals surface area contributed by atoms with Crippen LogP contribution >= 0.6 is 0 Å². The summed E-state index contributed by atoms with van der Waals surface area (Å²) in [4.78, 5) is -0.898. The molecule has 108 valence electrons. The third kappa shape index (κ3) is 2.95. The van der Waals surface area contributed by atoms with E-state index in [0.717, 1.165) is 6.07 Å². The van der Waals surface area contributed by atoms with Gasteiger partial charge in [0.1, 0.15) is 4.90 Å². The zero-order valence-electron chi connectivity index (χ0n) is 9.84. The van der Waals surface area contributed by atoms with E-state index in [0.29, 0.717) is 6.07 Å². The maximum Gasteiger partial charge on any atom is 0.244 e. The third-order valence-corrected chi connectivity index (χ3v) is 3.74. The van der Waals surface area contributed by atoms with E-state index in [-0.39, 0.29) is 17.9 Å². The third-order valence-electron chi connectivity index (χ3n) is 2.34. The van der Waals surface area contributed by atoms with Crippen molar-refractivity contribution in [2.24, 2.45) is 0 Å². The van der Waals surface area contributed by atoms with E-state index in [9.17, 15) is 17.2 Å². The predicted molar refractivity (Wildman–Crippen MR) is 60.5 cm³/mol. The summed E-state index contributed by atoms with van der Waals surface area (Å²) < 4.78 is 52.6. The van der Waals surface area contributed by atoms with Crippen LogP contribution in [0.4, 0.5) is 8.78 Å². The highest BCUT2D eigenvalue weighted by molar-refractivity contribution is 7.89. The van der Waals surface area contributed by atoms with Crippen LogP contribution in [0.1, 0.15) is 11.4 Å². The first-order chi connectivity index (χ1) is 9.44. The molecular formula is C9H9F2N5O3S. The first-order valence-corrected chi connectivity index (χ1v) is 6.73. The molecule has 0 fully saturated rings. The number of halogens is 2. The van der Waals surface area contributed by atoms with Crippen molar-refractivity contribution < 1.29 is 22.3 Å². The molecule has 0 saturated carbocycles. The maximum absolute atomic E-state index is 13.6. The minimum Gasteiger partial charge on any atom is -0.392 e. The minimum atomic E-state index is -4.32. The van der Waals surface area contributed by atoms with Gasteiger partial charge in [-0.3, -0.25) is 0 Å². The van der Waals surface area contributed by atoms with Crippen LogP contribution < -0.4 is 4.72 Å². The topological polar surface area (TPSA) is 121 Å². The molecule has 0 amide bonds. The normalized spacial score (nSPS) is 11.8. The number of benzene rings is 1. The zero-order chi connectivity index (χ0) is 14.8. The average Bonchev–Trinajstić information content (AvgIpc) is 2.92. The van der Waals surface area contributed by atoms with Crippen LogP contribution in [0, 0.1) is 11.6 Å². The lowest BCUT2D eigenvalue weighted by atomic mass is 10.2. The van der Waals surface area contributed by atoms with E-state index >= 15 is 0 Å². The number of aliphatic hydroxyl groups is 1. The second-order valence-electron chi connectivity index (χ2n) is 3.70. The molecule has 1 aromatic heterocycles. The molecule has 0 spiro atoms. The summed E-state index contributed by atoms with van der Waals surface area (Å²) in [6.45, 7) is -0.964. The fourth-order valence-electron chi connectivity index (χ4n) is 1.40. The Morgan fingerprint density at radius 2 is 2.10 bits per heavy atom. The number of H-pyrrole nitrogens is 1. The van der Waals surface area contributed by atoms with Gasteiger partial charge in [-0.1, -0.05) is 5.21 Å². The summed E-state index contributed by atoms with van der Waals surface area (Å²) in [6.07, 6.45) is 0. The summed E-state index contributed by atoms with van der Waals surface area (Å²) in [5.41, 5.74) is -0.0659. The Bertz CT molecular complexity index is 705. The Hall–Kier alpha value is -1.98. The SMILES string of the molecule is O=S(=O)(NCc1nn[nH]n1)c1cc(CO)cc(F)c1F. The second-order valence-corrected chi connectivity index (χ2v) is 5.44. The van der Waals surface area contributed by atoms with Gasteiger partial charge in [0.25, 0.3) is 0 Å². The number of sulfonamides is 1. The molecule has 1 heterocycles. The molecule has 1 aromatic carbocycles. The Morgan fingerprint density at radius 1 is 1.35 bits per heavy atom. The van der Waals surface area contributed by atoms with Gasteiger partial charge in [-0.2, -0.15) is 5.21 Å². The standard InChI is InChI=1S/C9H9F2N5O3S/c10-6-1-5(4-17)2-7(9(6)11)20(18,19)12-3-8-13-15-16-14-8/h1-2,12,17H,3-4H2,(H,13,14,15,16). The quantitative estimate of drug-likeness (QED) is 0.681. The van der Waals surface area contributed by atoms with Gasteiger partial charge in [-0.25, -0.2) is 21.9 Å². The molecule has 0 aliphatic heterocycles. The molecule has 11 heteroatoms. The fraction of sp³-hybridized carbons (Fsp3) is 0.222. The monoisotopic (exact) mass is 305 g/mol. The summed E-state index contributed by atoms with van der Waals surface area (Å²) in [5.74, 6) is -2.85. The number of hydrogen-bond donors (Lipinski definition) is 3. The van der Waals surface area contributed by atoms with E-state index in [2.05, 4.69) is 20.6 Å². The fourth-order valence-corrected chi connectivity index (χ4v) is 2.51. The van der Waals surface area contributed by atoms with E-state index in [4.69, 9.17) is 5.11 Å². The van der Waals surface area contributed by atoms with Crippen LogP contribution in [0.3, 0.4) is 0 Å². The predicted octanol–water partition coefficient (Wildman–Crippen LogP) is -0.551. The van der Waals surface area contributed by atoms with Crippen LogP contribution in [-0.2, 0) is 23.2 Å². The number of aromatic amines is 1. The molecule has 0 unspecified atom stereocenters. The lowest BCUT2D eigenvalue weighted by Gasteiger charge is -2.08. The van der Waals surface area contributed by atoms with Crippen molar-refractivity contribution in [3.63, 3.8) is 0 Å². The first-order valence-electron chi connectivity index (χ1n) is 5.25. The van der Waals surface area contributed by atoms with Crippen molar-refractivity contribution in [3.8, 4) is 0 Å². The van der Waals surface area contributed by atoms with E-state index < -0.39 is 33.2 Å². The molecule has 2 aromatic rings. The number of aliphatic hydroxyl groups excluding tert-OH is 1. The molecule has 0 radical (unpaired) electrons. The van der Waals surface area contributed by atoms with E-state index in [1.165, 1.54) is 0 Å².